The number of hydrogen-bond donors (Lipinski definition) is 0. The summed E-state index contributed by atoms with van der Waals surface area (Å²) in [6, 6.07) is 12.2. The number of nitrogens with zero attached hydrogens (tertiary/aromatic N) is 4. The molecular weight excluding hydrogens is 519 g/mol. The summed E-state index contributed by atoms with van der Waals surface area (Å²) in [5, 5.41) is 0.202. The largest absolute Gasteiger partial charge is 0.454 e. The maximum absolute atomic E-state index is 13.5. The summed E-state index contributed by atoms with van der Waals surface area (Å²) >= 11 is 1.35. The molecule has 0 spiro atoms. The predicted octanol–water partition coefficient (Wildman–Crippen LogP) is 3.76. The topological polar surface area (TPSA) is 76.9 Å². The molecule has 0 saturated carbocycles. The van der Waals surface area contributed by atoms with Gasteiger partial charge in [-0.1, -0.05) is 36.9 Å². The quantitative estimate of drug-likeness (QED) is 0.311. The summed E-state index contributed by atoms with van der Waals surface area (Å²) in [6.07, 6.45) is 1.01. The number of ether oxygens (including phenoxy) is 2. The summed E-state index contributed by atoms with van der Waals surface area (Å²) in [7, 11) is 1.69. The van der Waals surface area contributed by atoms with Crippen LogP contribution in [0.25, 0.3) is 0 Å². The van der Waals surface area contributed by atoms with Crippen molar-refractivity contribution in [3.05, 3.63) is 81.0 Å². The number of aryl methyl sites for hydroxylation is 1. The molecule has 0 bridgehead atoms. The standard InChI is InChI=1S/C29H33FN4O4S/c1-4-26(39-29-31-19(2)23(27(35)32(29)3)15-20-5-8-22(30)9-6-20)28(36)34-13-11-33(12-14-34)17-21-7-10-24-25(16-21)38-18-37-24/h5-10,16,26H,4,11-15,17-18H2,1-3H3. The van der Waals surface area contributed by atoms with E-state index in [4.69, 9.17) is 14.5 Å². The van der Waals surface area contributed by atoms with Gasteiger partial charge in [0.05, 0.1) is 5.25 Å². The molecule has 1 amide bonds. The molecule has 206 valence electrons. The number of rotatable bonds is 8. The lowest BCUT2D eigenvalue weighted by Gasteiger charge is -2.36. The predicted molar refractivity (Wildman–Crippen MR) is 148 cm³/mol. The summed E-state index contributed by atoms with van der Waals surface area (Å²) < 4.78 is 25.7. The third kappa shape index (κ3) is 6.12. The van der Waals surface area contributed by atoms with Gasteiger partial charge in [0, 0.05) is 57.4 Å². The average molecular weight is 553 g/mol. The first-order valence-corrected chi connectivity index (χ1v) is 14.1. The van der Waals surface area contributed by atoms with Crippen molar-refractivity contribution in [2.24, 2.45) is 7.05 Å². The van der Waals surface area contributed by atoms with Crippen LogP contribution in [0.4, 0.5) is 4.39 Å². The first kappa shape index (κ1) is 27.2. The minimum atomic E-state index is -0.328. The number of aromatic nitrogens is 2. The maximum atomic E-state index is 13.5. The van der Waals surface area contributed by atoms with Gasteiger partial charge < -0.3 is 14.4 Å². The molecule has 1 saturated heterocycles. The molecule has 1 fully saturated rings. The average Bonchev–Trinajstić information content (AvgIpc) is 3.41. The Hall–Kier alpha value is -3.37. The number of carbonyl (C=O) groups excluding carboxylic acids is 1. The van der Waals surface area contributed by atoms with Gasteiger partial charge in [0.25, 0.3) is 5.56 Å². The second-order valence-electron chi connectivity index (χ2n) is 9.93. The van der Waals surface area contributed by atoms with E-state index in [9.17, 15) is 14.0 Å². The highest BCUT2D eigenvalue weighted by Crippen LogP contribution is 2.33. The SMILES string of the molecule is CCC(Sc1nc(C)c(Cc2ccc(F)cc2)c(=O)n1C)C(=O)N1CCN(Cc2ccc3c(c2)OCO3)CC1. The van der Waals surface area contributed by atoms with Gasteiger partial charge >= 0.3 is 0 Å². The Morgan fingerprint density at radius 1 is 1.05 bits per heavy atom. The molecule has 3 heterocycles. The molecular formula is C29H33FN4O4S. The van der Waals surface area contributed by atoms with Crippen LogP contribution in [0.5, 0.6) is 11.5 Å². The number of hydrogen-bond acceptors (Lipinski definition) is 7. The first-order valence-electron chi connectivity index (χ1n) is 13.2. The maximum Gasteiger partial charge on any atom is 0.257 e. The number of piperazine rings is 1. The number of benzene rings is 2. The molecule has 5 rings (SSSR count). The van der Waals surface area contributed by atoms with E-state index in [0.29, 0.717) is 42.3 Å². The van der Waals surface area contributed by atoms with E-state index >= 15 is 0 Å². The van der Waals surface area contributed by atoms with Crippen molar-refractivity contribution in [3.63, 3.8) is 0 Å². The van der Waals surface area contributed by atoms with Crippen LogP contribution in [0.3, 0.4) is 0 Å². The molecule has 3 aromatic rings. The van der Waals surface area contributed by atoms with E-state index in [1.165, 1.54) is 28.5 Å². The highest BCUT2D eigenvalue weighted by Gasteiger charge is 2.29. The molecule has 1 aromatic heterocycles. The van der Waals surface area contributed by atoms with E-state index < -0.39 is 0 Å². The lowest BCUT2D eigenvalue weighted by atomic mass is 10.1. The molecule has 1 unspecified atom stereocenters. The molecule has 2 aromatic carbocycles. The van der Waals surface area contributed by atoms with Crippen molar-refractivity contribution in [1.29, 1.82) is 0 Å². The summed E-state index contributed by atoms with van der Waals surface area (Å²) in [5.41, 5.74) is 3.06. The van der Waals surface area contributed by atoms with Crippen molar-refractivity contribution >= 4 is 17.7 Å². The van der Waals surface area contributed by atoms with E-state index in [1.807, 2.05) is 30.9 Å². The Balaban J connectivity index is 1.20. The van der Waals surface area contributed by atoms with E-state index in [0.717, 1.165) is 42.3 Å². The fourth-order valence-electron chi connectivity index (χ4n) is 4.91. The number of carbonyl (C=O) groups is 1. The third-order valence-electron chi connectivity index (χ3n) is 7.26. The highest BCUT2D eigenvalue weighted by atomic mass is 32.2. The Kier molecular flexibility index (Phi) is 8.23. The molecule has 0 aliphatic carbocycles. The van der Waals surface area contributed by atoms with Gasteiger partial charge in [0.15, 0.2) is 16.7 Å². The normalized spacial score (nSPS) is 15.9. The molecule has 2 aliphatic rings. The monoisotopic (exact) mass is 552 g/mol. The van der Waals surface area contributed by atoms with Crippen molar-refractivity contribution in [1.82, 2.24) is 19.4 Å². The van der Waals surface area contributed by atoms with Crippen molar-refractivity contribution in [2.75, 3.05) is 33.0 Å². The van der Waals surface area contributed by atoms with E-state index in [2.05, 4.69) is 11.0 Å². The van der Waals surface area contributed by atoms with E-state index in [-0.39, 0.29) is 29.3 Å². The van der Waals surface area contributed by atoms with Crippen LogP contribution >= 0.6 is 11.8 Å². The van der Waals surface area contributed by atoms with Gasteiger partial charge in [0.1, 0.15) is 5.82 Å². The summed E-state index contributed by atoms with van der Waals surface area (Å²) in [4.78, 5) is 35.6. The second kappa shape index (κ2) is 11.8. The molecule has 0 radical (unpaired) electrons. The van der Waals surface area contributed by atoms with Crippen LogP contribution in [0.15, 0.2) is 52.4 Å². The second-order valence-corrected chi connectivity index (χ2v) is 11.1. The van der Waals surface area contributed by atoms with Crippen LogP contribution in [-0.4, -0.2) is 63.5 Å². The minimum Gasteiger partial charge on any atom is -0.454 e. The zero-order chi connectivity index (χ0) is 27.5. The Bertz CT molecular complexity index is 1400. The van der Waals surface area contributed by atoms with Gasteiger partial charge in [0.2, 0.25) is 12.7 Å². The number of fused-ring (bicyclic) bond motifs is 1. The van der Waals surface area contributed by atoms with Crippen LogP contribution in [-0.2, 0) is 24.8 Å². The molecule has 10 heteroatoms. The Morgan fingerprint density at radius 3 is 2.46 bits per heavy atom. The van der Waals surface area contributed by atoms with Crippen LogP contribution in [0.1, 0.15) is 35.7 Å². The van der Waals surface area contributed by atoms with Gasteiger partial charge in [-0.2, -0.15) is 0 Å². The number of amides is 1. The molecule has 2 aliphatic heterocycles. The summed E-state index contributed by atoms with van der Waals surface area (Å²) in [6.45, 7) is 7.74. The van der Waals surface area contributed by atoms with Crippen LogP contribution in [0, 0.1) is 12.7 Å². The fraction of sp³-hybridized carbons (Fsp3) is 0.414. The number of thioether (sulfide) groups is 1. The fourth-order valence-corrected chi connectivity index (χ4v) is 6.01. The summed E-state index contributed by atoms with van der Waals surface area (Å²) in [5.74, 6) is 1.33. The van der Waals surface area contributed by atoms with Crippen molar-refractivity contribution in [2.45, 2.75) is 43.6 Å². The third-order valence-corrected chi connectivity index (χ3v) is 8.66. The van der Waals surface area contributed by atoms with Gasteiger partial charge in [-0.3, -0.25) is 19.1 Å². The zero-order valence-corrected chi connectivity index (χ0v) is 23.3. The first-order chi connectivity index (χ1) is 18.8. The molecule has 8 nitrogen and oxygen atoms in total. The zero-order valence-electron chi connectivity index (χ0n) is 22.5. The van der Waals surface area contributed by atoms with Crippen LogP contribution < -0.4 is 15.0 Å². The molecule has 39 heavy (non-hydrogen) atoms. The van der Waals surface area contributed by atoms with Gasteiger partial charge in [-0.05, 0) is 48.7 Å². The smallest absolute Gasteiger partial charge is 0.257 e. The van der Waals surface area contributed by atoms with Gasteiger partial charge in [-0.15, -0.1) is 0 Å². The molecule has 1 atom stereocenters. The lowest BCUT2D eigenvalue weighted by Crippen LogP contribution is -2.50. The van der Waals surface area contributed by atoms with Crippen LogP contribution in [0.2, 0.25) is 0 Å². The Morgan fingerprint density at radius 2 is 1.74 bits per heavy atom. The number of halogens is 1. The van der Waals surface area contributed by atoms with Crippen molar-refractivity contribution < 1.29 is 18.7 Å². The van der Waals surface area contributed by atoms with Gasteiger partial charge in [-0.25, -0.2) is 9.37 Å². The Labute approximate surface area is 231 Å². The molecule has 0 N–H and O–H groups in total. The van der Waals surface area contributed by atoms with E-state index in [1.54, 1.807) is 19.2 Å². The lowest BCUT2D eigenvalue weighted by molar-refractivity contribution is -0.132. The minimum absolute atomic E-state index is 0.0764. The highest BCUT2D eigenvalue weighted by molar-refractivity contribution is 8.00. The van der Waals surface area contributed by atoms with Crippen molar-refractivity contribution in [3.8, 4) is 11.5 Å².